The molecular weight excluding hydrogens is 178 g/mol. The van der Waals surface area contributed by atoms with E-state index in [0.717, 1.165) is 16.0 Å². The zero-order valence-corrected chi connectivity index (χ0v) is 7.19. The fourth-order valence-corrected chi connectivity index (χ4v) is 1.90. The van der Waals surface area contributed by atoms with Gasteiger partial charge in [-0.25, -0.2) is 9.97 Å². The lowest BCUT2D eigenvalue weighted by molar-refractivity contribution is 1.24. The van der Waals surface area contributed by atoms with Crippen LogP contribution >= 0.6 is 24.2 Å². The van der Waals surface area contributed by atoms with Crippen LogP contribution in [0.3, 0.4) is 0 Å². The van der Waals surface area contributed by atoms with Crippen molar-refractivity contribution in [2.45, 2.75) is 0 Å². The lowest BCUT2D eigenvalue weighted by Gasteiger charge is -1.96. The summed E-state index contributed by atoms with van der Waals surface area (Å²) in [4.78, 5) is 8.08. The van der Waals surface area contributed by atoms with E-state index in [-0.39, 0.29) is 0 Å². The Balaban J connectivity index is 2.79. The SMILES string of the molecule is SNc1ncnc2ccsc12. The minimum absolute atomic E-state index is 0.772. The van der Waals surface area contributed by atoms with Gasteiger partial charge < -0.3 is 4.72 Å². The van der Waals surface area contributed by atoms with Crippen molar-refractivity contribution >= 4 is 40.2 Å². The van der Waals surface area contributed by atoms with Crippen molar-refractivity contribution in [2.24, 2.45) is 0 Å². The van der Waals surface area contributed by atoms with Crippen LogP contribution in [0.4, 0.5) is 5.82 Å². The second kappa shape index (κ2) is 2.67. The molecule has 56 valence electrons. The molecule has 0 spiro atoms. The molecule has 0 radical (unpaired) electrons. The first kappa shape index (κ1) is 6.87. The Bertz CT molecular complexity index is 371. The predicted molar refractivity (Wildman–Crippen MR) is 50.0 cm³/mol. The van der Waals surface area contributed by atoms with E-state index in [0.29, 0.717) is 0 Å². The lowest BCUT2D eigenvalue weighted by atomic mass is 10.4. The van der Waals surface area contributed by atoms with E-state index in [9.17, 15) is 0 Å². The molecule has 5 heteroatoms. The number of aromatic nitrogens is 2. The van der Waals surface area contributed by atoms with Crippen molar-refractivity contribution in [3.8, 4) is 0 Å². The monoisotopic (exact) mass is 183 g/mol. The Morgan fingerprint density at radius 3 is 3.18 bits per heavy atom. The van der Waals surface area contributed by atoms with Crippen LogP contribution in [0.5, 0.6) is 0 Å². The van der Waals surface area contributed by atoms with E-state index in [1.54, 1.807) is 11.3 Å². The summed E-state index contributed by atoms with van der Waals surface area (Å²) in [5, 5.41) is 1.98. The van der Waals surface area contributed by atoms with Gasteiger partial charge in [0.25, 0.3) is 0 Å². The Morgan fingerprint density at radius 2 is 2.36 bits per heavy atom. The van der Waals surface area contributed by atoms with Crippen molar-refractivity contribution in [1.29, 1.82) is 0 Å². The second-order valence-corrected chi connectivity index (χ2v) is 3.11. The largest absolute Gasteiger partial charge is 0.316 e. The van der Waals surface area contributed by atoms with Gasteiger partial charge in [-0.3, -0.25) is 0 Å². The highest BCUT2D eigenvalue weighted by Crippen LogP contribution is 2.24. The Labute approximate surface area is 73.0 Å². The van der Waals surface area contributed by atoms with Crippen molar-refractivity contribution in [3.05, 3.63) is 17.8 Å². The molecule has 0 saturated heterocycles. The summed E-state index contributed by atoms with van der Waals surface area (Å²) in [5.41, 5.74) is 0.960. The second-order valence-electron chi connectivity index (χ2n) is 1.97. The molecule has 1 N–H and O–H groups in total. The number of thiophene rings is 1. The molecule has 0 aliphatic rings. The predicted octanol–water partition coefficient (Wildman–Crippen LogP) is 1.95. The Morgan fingerprint density at radius 1 is 1.45 bits per heavy atom. The number of nitrogens with one attached hydrogen (secondary N) is 1. The van der Waals surface area contributed by atoms with Gasteiger partial charge in [-0.1, -0.05) is 12.8 Å². The first-order valence-corrected chi connectivity index (χ1v) is 4.33. The molecule has 0 fully saturated rings. The van der Waals surface area contributed by atoms with Gasteiger partial charge in [0.2, 0.25) is 0 Å². The lowest BCUT2D eigenvalue weighted by Crippen LogP contribution is -1.86. The zero-order chi connectivity index (χ0) is 7.68. The maximum atomic E-state index is 4.08. The molecule has 2 rings (SSSR count). The third-order valence-corrected chi connectivity index (χ3v) is 2.47. The van der Waals surface area contributed by atoms with Gasteiger partial charge in [0.1, 0.15) is 6.33 Å². The number of rotatable bonds is 1. The van der Waals surface area contributed by atoms with Crippen LogP contribution in [0.2, 0.25) is 0 Å². The third kappa shape index (κ3) is 1.06. The molecule has 0 aliphatic carbocycles. The highest BCUT2D eigenvalue weighted by atomic mass is 32.1. The summed E-state index contributed by atoms with van der Waals surface area (Å²) in [6, 6.07) is 1.95. The minimum Gasteiger partial charge on any atom is -0.316 e. The van der Waals surface area contributed by atoms with Gasteiger partial charge in [0, 0.05) is 0 Å². The molecule has 2 heterocycles. The van der Waals surface area contributed by atoms with E-state index in [1.165, 1.54) is 6.33 Å². The molecule has 2 aromatic rings. The quantitative estimate of drug-likeness (QED) is 0.664. The summed E-state index contributed by atoms with van der Waals surface area (Å²) in [7, 11) is 0. The van der Waals surface area contributed by atoms with Crippen LogP contribution in [-0.4, -0.2) is 9.97 Å². The molecule has 11 heavy (non-hydrogen) atoms. The van der Waals surface area contributed by atoms with Crippen molar-refractivity contribution in [1.82, 2.24) is 9.97 Å². The smallest absolute Gasteiger partial charge is 0.157 e. The van der Waals surface area contributed by atoms with E-state index < -0.39 is 0 Å². The van der Waals surface area contributed by atoms with Crippen LogP contribution in [0.1, 0.15) is 0 Å². The van der Waals surface area contributed by atoms with Gasteiger partial charge >= 0.3 is 0 Å². The number of nitrogens with zero attached hydrogens (tertiary/aromatic N) is 2. The van der Waals surface area contributed by atoms with Gasteiger partial charge in [-0.15, -0.1) is 11.3 Å². The highest BCUT2D eigenvalue weighted by molar-refractivity contribution is 7.81. The topological polar surface area (TPSA) is 37.8 Å². The maximum Gasteiger partial charge on any atom is 0.157 e. The third-order valence-electron chi connectivity index (χ3n) is 1.35. The molecule has 0 saturated carbocycles. The molecule has 0 unspecified atom stereocenters. The first-order valence-electron chi connectivity index (χ1n) is 3.00. The normalized spacial score (nSPS) is 10.3. The summed E-state index contributed by atoms with van der Waals surface area (Å²) in [5.74, 6) is 0.772. The van der Waals surface area contributed by atoms with Crippen molar-refractivity contribution in [2.75, 3.05) is 4.72 Å². The Hall–Kier alpha value is -0.810. The number of thiol groups is 1. The number of hydrogen-bond acceptors (Lipinski definition) is 5. The summed E-state index contributed by atoms with van der Waals surface area (Å²) < 4.78 is 3.75. The summed E-state index contributed by atoms with van der Waals surface area (Å²) in [6.07, 6.45) is 1.52. The molecule has 0 aliphatic heterocycles. The fraction of sp³-hybridized carbons (Fsp3) is 0. The molecule has 0 amide bonds. The van der Waals surface area contributed by atoms with Crippen LogP contribution in [-0.2, 0) is 0 Å². The molecular formula is C6H5N3S2. The molecule has 0 atom stereocenters. The standard InChI is InChI=1S/C6H5N3S2/c10-9-6-5-4(1-2-11-5)7-3-8-6/h1-3,10H,(H,7,8,9). The van der Waals surface area contributed by atoms with Crippen LogP contribution in [0.25, 0.3) is 10.2 Å². The van der Waals surface area contributed by atoms with Crippen molar-refractivity contribution in [3.63, 3.8) is 0 Å². The van der Waals surface area contributed by atoms with Crippen LogP contribution < -0.4 is 4.72 Å². The highest BCUT2D eigenvalue weighted by Gasteiger charge is 2.01. The maximum absolute atomic E-state index is 4.08. The average molecular weight is 183 g/mol. The van der Waals surface area contributed by atoms with Gasteiger partial charge in [0.05, 0.1) is 10.2 Å². The van der Waals surface area contributed by atoms with E-state index in [2.05, 4.69) is 27.5 Å². The minimum atomic E-state index is 0.772. The first-order chi connectivity index (χ1) is 5.42. The van der Waals surface area contributed by atoms with Gasteiger partial charge in [-0.2, -0.15) is 0 Å². The van der Waals surface area contributed by atoms with Crippen LogP contribution in [0, 0.1) is 0 Å². The zero-order valence-electron chi connectivity index (χ0n) is 5.48. The molecule has 0 aromatic carbocycles. The molecule has 3 nitrogen and oxygen atoms in total. The molecule has 2 aromatic heterocycles. The summed E-state index contributed by atoms with van der Waals surface area (Å²) >= 11 is 5.53. The molecule has 0 bridgehead atoms. The van der Waals surface area contributed by atoms with Crippen molar-refractivity contribution < 1.29 is 0 Å². The van der Waals surface area contributed by atoms with Gasteiger partial charge in [0.15, 0.2) is 5.82 Å². The van der Waals surface area contributed by atoms with E-state index >= 15 is 0 Å². The fourth-order valence-electron chi connectivity index (χ4n) is 0.868. The average Bonchev–Trinajstić information content (AvgIpc) is 2.50. The van der Waals surface area contributed by atoms with E-state index in [1.807, 2.05) is 11.4 Å². The number of hydrogen-bond donors (Lipinski definition) is 2. The Kier molecular flexibility index (Phi) is 1.67. The van der Waals surface area contributed by atoms with Crippen LogP contribution in [0.15, 0.2) is 17.8 Å². The summed E-state index contributed by atoms with van der Waals surface area (Å²) in [6.45, 7) is 0. The number of anilines is 1. The van der Waals surface area contributed by atoms with E-state index in [4.69, 9.17) is 0 Å². The number of fused-ring (bicyclic) bond motifs is 1. The van der Waals surface area contributed by atoms with Gasteiger partial charge in [-0.05, 0) is 11.4 Å².